The molecule has 0 aromatic heterocycles. The summed E-state index contributed by atoms with van der Waals surface area (Å²) in [5.74, 6) is 1.34. The minimum Gasteiger partial charge on any atom is -0.493 e. The smallest absolute Gasteiger partial charge is 0.254 e. The highest BCUT2D eigenvalue weighted by Crippen LogP contribution is 2.29. The predicted molar refractivity (Wildman–Crippen MR) is 145 cm³/mol. The Bertz CT molecular complexity index is 1220. The first-order valence-corrected chi connectivity index (χ1v) is 12.6. The Labute approximate surface area is 218 Å². The number of hydrogen-bond acceptors (Lipinski definition) is 5. The lowest BCUT2D eigenvalue weighted by Gasteiger charge is -2.33. The number of Topliss-reactive ketones (excluding diaryl/α,β-unsaturated/α-hetero) is 1. The monoisotopic (exact) mass is 499 g/mol. The summed E-state index contributed by atoms with van der Waals surface area (Å²) in [4.78, 5) is 26.8. The Kier molecular flexibility index (Phi) is 9.11. The van der Waals surface area contributed by atoms with Gasteiger partial charge in [0.25, 0.3) is 5.91 Å². The summed E-state index contributed by atoms with van der Waals surface area (Å²) in [6.07, 6.45) is 2.83. The van der Waals surface area contributed by atoms with E-state index in [4.69, 9.17) is 14.2 Å². The Balaban J connectivity index is 1.44. The van der Waals surface area contributed by atoms with Crippen molar-refractivity contribution < 1.29 is 23.8 Å². The van der Waals surface area contributed by atoms with Gasteiger partial charge < -0.3 is 23.9 Å². The number of aryl methyl sites for hydroxylation is 1. The first-order valence-electron chi connectivity index (χ1n) is 12.6. The maximum atomic E-state index is 13.7. The summed E-state index contributed by atoms with van der Waals surface area (Å²) in [6, 6.07) is 25.3. The van der Waals surface area contributed by atoms with Crippen LogP contribution in [0.4, 0.5) is 0 Å². The van der Waals surface area contributed by atoms with Gasteiger partial charge in [-0.3, -0.25) is 4.79 Å². The Morgan fingerprint density at radius 2 is 1.73 bits per heavy atom. The Morgan fingerprint density at radius 1 is 1.00 bits per heavy atom. The van der Waals surface area contributed by atoms with Crippen molar-refractivity contribution >= 4 is 23.3 Å². The van der Waals surface area contributed by atoms with E-state index in [0.29, 0.717) is 49.6 Å². The quantitative estimate of drug-likeness (QED) is 0.288. The van der Waals surface area contributed by atoms with E-state index in [2.05, 4.69) is 0 Å². The van der Waals surface area contributed by atoms with Crippen LogP contribution >= 0.6 is 0 Å². The van der Waals surface area contributed by atoms with Gasteiger partial charge >= 0.3 is 0 Å². The molecule has 1 aliphatic heterocycles. The van der Waals surface area contributed by atoms with Gasteiger partial charge in [0, 0.05) is 18.5 Å². The fourth-order valence-corrected chi connectivity index (χ4v) is 4.27. The second kappa shape index (κ2) is 12.9. The maximum Gasteiger partial charge on any atom is 0.254 e. The van der Waals surface area contributed by atoms with E-state index >= 15 is 0 Å². The number of hydrogen-bond donors (Lipinski definition) is 0. The molecule has 6 heteroatoms. The number of nitrogens with zero attached hydrogens (tertiary/aromatic N) is 1. The molecular weight excluding hydrogens is 466 g/mol. The molecule has 1 heterocycles. The van der Waals surface area contributed by atoms with Crippen LogP contribution in [0.1, 0.15) is 30.0 Å². The normalized spacial score (nSPS) is 15.8. The molecule has 1 atom stereocenters. The number of benzene rings is 3. The van der Waals surface area contributed by atoms with Crippen molar-refractivity contribution in [2.45, 2.75) is 25.9 Å². The summed E-state index contributed by atoms with van der Waals surface area (Å²) in [7, 11) is 1.60. The number of methoxy groups -OCH3 is 1. The van der Waals surface area contributed by atoms with Crippen molar-refractivity contribution in [1.82, 2.24) is 4.90 Å². The number of carbonyl (C=O) groups is 2. The number of ether oxygens (including phenoxy) is 3. The highest BCUT2D eigenvalue weighted by molar-refractivity contribution is 6.24. The van der Waals surface area contributed by atoms with Crippen LogP contribution in [0.25, 0.3) is 11.6 Å². The van der Waals surface area contributed by atoms with Gasteiger partial charge in [0.05, 0.1) is 20.3 Å². The van der Waals surface area contributed by atoms with Crippen LogP contribution in [0.15, 0.2) is 78.9 Å². The van der Waals surface area contributed by atoms with E-state index in [1.807, 2.05) is 89.8 Å². The molecule has 3 aromatic rings. The average molecular weight is 500 g/mol. The standard InChI is InChI=1S/C31H33NO5/c1-23(33)13-14-25-15-16-29(30(20-25)35-2)37-22-27-21-32(17-18-36-27)31(34)28(26-11-7-4-8-12-26)19-24-9-5-3-6-10-24/h3-12,15-16,19-20,27H,13-14,17-18,21-22H2,1-2H3/b28-19+. The molecule has 0 aliphatic carbocycles. The fourth-order valence-electron chi connectivity index (χ4n) is 4.27. The van der Waals surface area contributed by atoms with Gasteiger partial charge in [-0.1, -0.05) is 66.7 Å². The van der Waals surface area contributed by atoms with Crippen molar-refractivity contribution in [2.24, 2.45) is 0 Å². The molecule has 3 aromatic carbocycles. The first kappa shape index (κ1) is 26.2. The number of morpholine rings is 1. The van der Waals surface area contributed by atoms with E-state index in [0.717, 1.165) is 16.7 Å². The third-order valence-corrected chi connectivity index (χ3v) is 6.27. The zero-order chi connectivity index (χ0) is 26.0. The van der Waals surface area contributed by atoms with Gasteiger partial charge in [0.1, 0.15) is 18.5 Å². The molecule has 1 saturated heterocycles. The van der Waals surface area contributed by atoms with Crippen molar-refractivity contribution in [3.05, 3.63) is 95.6 Å². The van der Waals surface area contributed by atoms with Crippen LogP contribution in [0, 0.1) is 0 Å². The second-order valence-corrected chi connectivity index (χ2v) is 9.08. The van der Waals surface area contributed by atoms with E-state index < -0.39 is 0 Å². The van der Waals surface area contributed by atoms with Gasteiger partial charge in [-0.2, -0.15) is 0 Å². The molecule has 0 spiro atoms. The van der Waals surface area contributed by atoms with E-state index in [1.165, 1.54) is 0 Å². The average Bonchev–Trinajstić information content (AvgIpc) is 2.94. The van der Waals surface area contributed by atoms with Gasteiger partial charge in [0.15, 0.2) is 11.5 Å². The van der Waals surface area contributed by atoms with Crippen LogP contribution in [-0.4, -0.2) is 56.1 Å². The number of amides is 1. The molecule has 0 radical (unpaired) electrons. The molecule has 4 rings (SSSR count). The SMILES string of the molecule is COc1cc(CCC(C)=O)ccc1OCC1CN(C(=O)/C(=C/c2ccccc2)c2ccccc2)CCO1. The predicted octanol–water partition coefficient (Wildman–Crippen LogP) is 5.06. The molecule has 0 bridgehead atoms. The summed E-state index contributed by atoms with van der Waals surface area (Å²) in [5, 5.41) is 0. The minimum atomic E-state index is -0.270. The molecular formula is C31H33NO5. The van der Waals surface area contributed by atoms with Crippen LogP contribution in [0.5, 0.6) is 11.5 Å². The third kappa shape index (κ3) is 7.30. The summed E-state index contributed by atoms with van der Waals surface area (Å²) >= 11 is 0. The van der Waals surface area contributed by atoms with Gasteiger partial charge in [-0.25, -0.2) is 0 Å². The molecule has 192 valence electrons. The van der Waals surface area contributed by atoms with Gasteiger partial charge in [-0.15, -0.1) is 0 Å². The molecule has 1 amide bonds. The molecule has 0 saturated carbocycles. The minimum absolute atomic E-state index is 0.0317. The zero-order valence-electron chi connectivity index (χ0n) is 21.4. The topological polar surface area (TPSA) is 65.1 Å². The van der Waals surface area contributed by atoms with E-state index in [-0.39, 0.29) is 24.4 Å². The van der Waals surface area contributed by atoms with Crippen LogP contribution < -0.4 is 9.47 Å². The van der Waals surface area contributed by atoms with Crippen molar-refractivity contribution in [2.75, 3.05) is 33.4 Å². The number of carbonyl (C=O) groups excluding carboxylic acids is 2. The second-order valence-electron chi connectivity index (χ2n) is 9.08. The highest BCUT2D eigenvalue weighted by Gasteiger charge is 2.27. The van der Waals surface area contributed by atoms with Crippen molar-refractivity contribution in [3.8, 4) is 11.5 Å². The van der Waals surface area contributed by atoms with Crippen LogP contribution in [0.3, 0.4) is 0 Å². The summed E-state index contributed by atoms with van der Waals surface area (Å²) < 4.78 is 17.5. The molecule has 6 nitrogen and oxygen atoms in total. The van der Waals surface area contributed by atoms with E-state index in [1.54, 1.807) is 14.0 Å². The molecule has 1 aliphatic rings. The first-order chi connectivity index (χ1) is 18.0. The van der Waals surface area contributed by atoms with E-state index in [9.17, 15) is 9.59 Å². The lowest BCUT2D eigenvalue weighted by atomic mass is 10.0. The molecule has 1 fully saturated rings. The number of rotatable bonds is 10. The maximum absolute atomic E-state index is 13.7. The summed E-state index contributed by atoms with van der Waals surface area (Å²) in [6.45, 7) is 3.26. The molecule has 1 unspecified atom stereocenters. The Hall–Kier alpha value is -3.90. The fraction of sp³-hybridized carbons (Fsp3) is 0.290. The van der Waals surface area contributed by atoms with Crippen LogP contribution in [-0.2, 0) is 20.7 Å². The summed E-state index contributed by atoms with van der Waals surface area (Å²) in [5.41, 5.74) is 3.52. The number of ketones is 1. The molecule has 0 N–H and O–H groups in total. The van der Waals surface area contributed by atoms with Gasteiger partial charge in [0.2, 0.25) is 0 Å². The third-order valence-electron chi connectivity index (χ3n) is 6.27. The van der Waals surface area contributed by atoms with Crippen molar-refractivity contribution in [3.63, 3.8) is 0 Å². The van der Waals surface area contributed by atoms with Crippen molar-refractivity contribution in [1.29, 1.82) is 0 Å². The zero-order valence-corrected chi connectivity index (χ0v) is 21.4. The molecule has 37 heavy (non-hydrogen) atoms. The highest BCUT2D eigenvalue weighted by atomic mass is 16.5. The largest absolute Gasteiger partial charge is 0.493 e. The Morgan fingerprint density at radius 3 is 2.43 bits per heavy atom. The van der Waals surface area contributed by atoms with Crippen LogP contribution in [0.2, 0.25) is 0 Å². The lowest BCUT2D eigenvalue weighted by Crippen LogP contribution is -2.47. The lowest BCUT2D eigenvalue weighted by molar-refractivity contribution is -0.133. The van der Waals surface area contributed by atoms with Gasteiger partial charge in [-0.05, 0) is 48.2 Å².